The van der Waals surface area contributed by atoms with Crippen molar-refractivity contribution in [3.63, 3.8) is 0 Å². The first-order valence-corrected chi connectivity index (χ1v) is 13.5. The predicted octanol–water partition coefficient (Wildman–Crippen LogP) is 5.44. The van der Waals surface area contributed by atoms with Gasteiger partial charge in [-0.1, -0.05) is 68.0 Å². The monoisotopic (exact) mass is 498 g/mol. The normalized spacial score (nSPS) is 37.6. The molecule has 1 spiro atoms. The van der Waals surface area contributed by atoms with Crippen LogP contribution in [0.1, 0.15) is 46.1 Å². The van der Waals surface area contributed by atoms with Crippen LogP contribution < -0.4 is 5.32 Å². The Morgan fingerprint density at radius 1 is 1.03 bits per heavy atom. The molecule has 0 saturated carbocycles. The molecule has 1 aliphatic heterocycles. The number of H-pyrrole nitrogens is 1. The number of amides is 1. The van der Waals surface area contributed by atoms with E-state index in [-0.39, 0.29) is 41.4 Å². The van der Waals surface area contributed by atoms with E-state index in [1.165, 1.54) is 5.57 Å². The predicted molar refractivity (Wildman–Crippen MR) is 148 cm³/mol. The second kappa shape index (κ2) is 9.94. The lowest BCUT2D eigenvalue weighted by Gasteiger charge is -2.44. The van der Waals surface area contributed by atoms with Crippen LogP contribution in [0, 0.1) is 29.1 Å². The van der Waals surface area contributed by atoms with Crippen LogP contribution in [0.25, 0.3) is 10.9 Å². The zero-order valence-electron chi connectivity index (χ0n) is 22.2. The summed E-state index contributed by atoms with van der Waals surface area (Å²) in [5.74, 6) is -0.527. The third kappa shape index (κ3) is 4.33. The molecule has 0 unspecified atom stereocenters. The molecule has 3 N–H and O–H groups in total. The second-order valence-electron chi connectivity index (χ2n) is 11.3. The quantitative estimate of drug-likeness (QED) is 0.381. The van der Waals surface area contributed by atoms with Crippen molar-refractivity contribution in [2.24, 2.45) is 29.1 Å². The Morgan fingerprint density at radius 3 is 2.62 bits per heavy atom. The minimum atomic E-state index is -1.20. The molecule has 5 nitrogen and oxygen atoms in total. The Balaban J connectivity index is 1.59. The molecule has 7 atom stereocenters. The Hall–Kier alpha value is -3.18. The summed E-state index contributed by atoms with van der Waals surface area (Å²) in [5, 5.41) is 15.0. The Kier molecular flexibility index (Phi) is 6.84. The number of allylic oxidation sites excluding steroid dienone is 6. The minimum Gasteiger partial charge on any atom is -0.388 e. The van der Waals surface area contributed by atoms with E-state index < -0.39 is 11.5 Å². The smallest absolute Gasteiger partial charge is 0.235 e. The molecule has 5 heteroatoms. The molecule has 1 saturated heterocycles. The van der Waals surface area contributed by atoms with Gasteiger partial charge in [-0.3, -0.25) is 9.59 Å². The number of carbonyl (C=O) groups excluding carboxylic acids is 2. The third-order valence-electron chi connectivity index (χ3n) is 8.95. The molecule has 2 heterocycles. The fourth-order valence-corrected chi connectivity index (χ4v) is 6.87. The largest absolute Gasteiger partial charge is 0.388 e. The van der Waals surface area contributed by atoms with Gasteiger partial charge in [-0.05, 0) is 68.2 Å². The van der Waals surface area contributed by atoms with E-state index in [0.717, 1.165) is 28.5 Å². The summed E-state index contributed by atoms with van der Waals surface area (Å²) in [5.41, 5.74) is 3.15. The van der Waals surface area contributed by atoms with Crippen LogP contribution in [-0.4, -0.2) is 33.9 Å². The molecule has 0 bridgehead atoms. The Bertz CT molecular complexity index is 1330. The summed E-state index contributed by atoms with van der Waals surface area (Å²) in [6.07, 6.45) is 14.9. The number of para-hydroxylation sites is 1. The van der Waals surface area contributed by atoms with Crippen LogP contribution in [0.2, 0.25) is 0 Å². The molecular formula is C32H38N2O3. The Morgan fingerprint density at radius 2 is 1.81 bits per heavy atom. The highest BCUT2D eigenvalue weighted by atomic mass is 16.3. The third-order valence-corrected chi connectivity index (χ3v) is 8.95. The summed E-state index contributed by atoms with van der Waals surface area (Å²) in [6, 6.07) is 8.03. The zero-order chi connectivity index (χ0) is 26.3. The van der Waals surface area contributed by atoms with Crippen LogP contribution >= 0.6 is 0 Å². The maximum atomic E-state index is 14.1. The number of rotatable bonds is 2. The van der Waals surface area contributed by atoms with Gasteiger partial charge < -0.3 is 15.4 Å². The number of aromatic amines is 1. The van der Waals surface area contributed by atoms with E-state index in [1.54, 1.807) is 12.2 Å². The molecule has 2 aromatic rings. The van der Waals surface area contributed by atoms with Gasteiger partial charge in [-0.2, -0.15) is 0 Å². The van der Waals surface area contributed by atoms with E-state index in [0.29, 0.717) is 12.8 Å². The fraction of sp³-hybridized carbons (Fsp3) is 0.438. The number of hydrogen-bond donors (Lipinski definition) is 3. The lowest BCUT2D eigenvalue weighted by molar-refractivity contribution is -0.142. The van der Waals surface area contributed by atoms with E-state index in [4.69, 9.17) is 0 Å². The first-order valence-electron chi connectivity index (χ1n) is 13.5. The number of aliphatic hydroxyl groups is 1. The molecule has 5 rings (SSSR count). The highest BCUT2D eigenvalue weighted by Gasteiger charge is 2.64. The van der Waals surface area contributed by atoms with Gasteiger partial charge in [0, 0.05) is 35.0 Å². The number of benzene rings is 1. The second-order valence-corrected chi connectivity index (χ2v) is 11.3. The van der Waals surface area contributed by atoms with Crippen molar-refractivity contribution < 1.29 is 14.7 Å². The van der Waals surface area contributed by atoms with Crippen LogP contribution in [0.15, 0.2) is 78.1 Å². The van der Waals surface area contributed by atoms with Crippen molar-refractivity contribution in [1.29, 1.82) is 0 Å². The molecule has 1 aromatic carbocycles. The van der Waals surface area contributed by atoms with Crippen LogP contribution in [-0.2, 0) is 16.0 Å². The van der Waals surface area contributed by atoms with Crippen molar-refractivity contribution in [3.8, 4) is 0 Å². The van der Waals surface area contributed by atoms with Crippen molar-refractivity contribution in [3.05, 3.63) is 83.6 Å². The summed E-state index contributed by atoms with van der Waals surface area (Å²) in [7, 11) is 0. The molecule has 194 valence electrons. The topological polar surface area (TPSA) is 82.2 Å². The number of nitrogens with one attached hydrogen (secondary N) is 2. The minimum absolute atomic E-state index is 0.0697. The Labute approximate surface area is 219 Å². The van der Waals surface area contributed by atoms with Gasteiger partial charge in [0.1, 0.15) is 5.41 Å². The number of ketones is 1. The van der Waals surface area contributed by atoms with Gasteiger partial charge in [0.15, 0.2) is 5.78 Å². The van der Waals surface area contributed by atoms with Gasteiger partial charge in [0.2, 0.25) is 5.91 Å². The maximum Gasteiger partial charge on any atom is 0.235 e. The van der Waals surface area contributed by atoms with E-state index >= 15 is 0 Å². The van der Waals surface area contributed by atoms with E-state index in [9.17, 15) is 14.7 Å². The van der Waals surface area contributed by atoms with Crippen molar-refractivity contribution in [2.75, 3.05) is 0 Å². The number of carbonyl (C=O) groups is 2. The van der Waals surface area contributed by atoms with Gasteiger partial charge in [0.25, 0.3) is 0 Å². The summed E-state index contributed by atoms with van der Waals surface area (Å²) in [4.78, 5) is 31.5. The molecule has 2 aliphatic carbocycles. The summed E-state index contributed by atoms with van der Waals surface area (Å²) in [6.45, 7) is 8.34. The van der Waals surface area contributed by atoms with Crippen LogP contribution in [0.5, 0.6) is 0 Å². The molecule has 0 radical (unpaired) electrons. The number of aliphatic hydroxyl groups excluding tert-OH is 1. The molecule has 1 fully saturated rings. The van der Waals surface area contributed by atoms with Gasteiger partial charge in [-0.25, -0.2) is 0 Å². The molecule has 1 amide bonds. The average Bonchev–Trinajstić information content (AvgIpc) is 3.40. The molecule has 1 aromatic heterocycles. The van der Waals surface area contributed by atoms with Gasteiger partial charge in [0.05, 0.1) is 6.10 Å². The first-order chi connectivity index (χ1) is 17.7. The number of hydrogen-bond acceptors (Lipinski definition) is 3. The highest BCUT2D eigenvalue weighted by Crippen LogP contribution is 2.54. The van der Waals surface area contributed by atoms with Gasteiger partial charge >= 0.3 is 0 Å². The summed E-state index contributed by atoms with van der Waals surface area (Å²) >= 11 is 0. The number of aromatic nitrogens is 1. The van der Waals surface area contributed by atoms with Crippen LogP contribution in [0.4, 0.5) is 0 Å². The lowest BCUT2D eigenvalue weighted by atomic mass is 9.55. The first kappa shape index (κ1) is 25.5. The standard InChI is InChI=1S/C32H38N2O3/c1-19-9-7-10-24-16-20(2)22(4)30-27(17-23-18-33-26-12-6-5-11-25(23)26)34-31(37)32(24,30)29(36)14-8-13-28(35)21(3)15-19/h5-8,10-12,14-16,18-19,22,24,27-28,30,33,35H,9,13,17H2,1-4H3,(H,34,37)/b10-7+,14-8+,21-15-/t19-,22+,24-,27-,28-,30-,32+/m0/s1. The van der Waals surface area contributed by atoms with Crippen LogP contribution in [0.3, 0.4) is 0 Å². The molecule has 37 heavy (non-hydrogen) atoms. The van der Waals surface area contributed by atoms with Gasteiger partial charge in [-0.15, -0.1) is 0 Å². The van der Waals surface area contributed by atoms with E-state index in [1.807, 2.05) is 25.3 Å². The fourth-order valence-electron chi connectivity index (χ4n) is 6.87. The number of fused-ring (bicyclic) bond motifs is 1. The maximum absolute atomic E-state index is 14.1. The highest BCUT2D eigenvalue weighted by molar-refractivity contribution is 6.13. The van der Waals surface area contributed by atoms with Crippen molar-refractivity contribution in [1.82, 2.24) is 10.3 Å². The van der Waals surface area contributed by atoms with E-state index in [2.05, 4.69) is 67.5 Å². The zero-order valence-corrected chi connectivity index (χ0v) is 22.2. The molecule has 3 aliphatic rings. The van der Waals surface area contributed by atoms with Crippen molar-refractivity contribution in [2.45, 2.75) is 59.1 Å². The average molecular weight is 499 g/mol. The lowest BCUT2D eigenvalue weighted by Crippen LogP contribution is -2.51. The van der Waals surface area contributed by atoms with Crippen molar-refractivity contribution >= 4 is 22.6 Å². The SMILES string of the molecule is CC1=C[C@@H]2/C=C/C[C@H](C)/C=C(/C)[C@@H](O)C/C=C/C(=O)[C@]23C(=O)N[C@@H](Cc2c[nH]c4ccccc24)[C@@H]3[C@@H]1C. The molecular weight excluding hydrogens is 460 g/mol. The summed E-state index contributed by atoms with van der Waals surface area (Å²) < 4.78 is 0.